The molecule has 0 radical (unpaired) electrons. The van der Waals surface area contributed by atoms with Crippen LogP contribution in [0.15, 0.2) is 0 Å². The Labute approximate surface area is 73.4 Å². The molecular weight excluding hydrogens is 248 g/mol. The van der Waals surface area contributed by atoms with Gasteiger partial charge in [-0.25, -0.2) is 0 Å². The van der Waals surface area contributed by atoms with E-state index in [1.165, 1.54) is 0 Å². The summed E-state index contributed by atoms with van der Waals surface area (Å²) in [5.74, 6) is 0. The van der Waals surface area contributed by atoms with Crippen molar-refractivity contribution in [3.8, 4) is 0 Å². The molecule has 0 fully saturated rings. The van der Waals surface area contributed by atoms with Gasteiger partial charge in [0.15, 0.2) is 0 Å². The minimum atomic E-state index is 0.391. The molecule has 0 N–H and O–H groups in total. The van der Waals surface area contributed by atoms with Gasteiger partial charge in [-0.1, -0.05) is 38.8 Å². The van der Waals surface area contributed by atoms with Crippen molar-refractivity contribution in [1.29, 1.82) is 0 Å². The highest BCUT2D eigenvalue weighted by Gasteiger charge is 2.01. The van der Waals surface area contributed by atoms with Crippen molar-refractivity contribution in [1.82, 2.24) is 0 Å². The van der Waals surface area contributed by atoms with Crippen LogP contribution in [0.3, 0.4) is 0 Å². The zero-order valence-electron chi connectivity index (χ0n) is 5.57. The Morgan fingerprint density at radius 2 is 2.11 bits per heavy atom. The summed E-state index contributed by atoms with van der Waals surface area (Å²) in [6.45, 7) is 2.93. The highest BCUT2D eigenvalue weighted by molar-refractivity contribution is 9.09. The van der Waals surface area contributed by atoms with Crippen LogP contribution in [0.1, 0.15) is 13.3 Å². The maximum Gasteiger partial charge on any atom is 0.0669 e. The normalized spacial score (nSPS) is 13.7. The van der Waals surface area contributed by atoms with Gasteiger partial charge in [-0.2, -0.15) is 0 Å². The van der Waals surface area contributed by atoms with E-state index >= 15 is 0 Å². The van der Waals surface area contributed by atoms with E-state index in [0.717, 1.165) is 23.7 Å². The van der Waals surface area contributed by atoms with Gasteiger partial charge in [0.25, 0.3) is 0 Å². The molecule has 0 aliphatic rings. The molecule has 0 saturated heterocycles. The van der Waals surface area contributed by atoms with Gasteiger partial charge in [-0.15, -0.1) is 0 Å². The molecule has 56 valence electrons. The summed E-state index contributed by atoms with van der Waals surface area (Å²) >= 11 is 6.66. The van der Waals surface area contributed by atoms with Gasteiger partial charge in [0.05, 0.1) is 12.7 Å². The molecule has 9 heavy (non-hydrogen) atoms. The van der Waals surface area contributed by atoms with Crippen molar-refractivity contribution in [2.45, 2.75) is 19.4 Å². The third kappa shape index (κ3) is 5.37. The van der Waals surface area contributed by atoms with Crippen molar-refractivity contribution >= 4 is 31.9 Å². The maximum absolute atomic E-state index is 5.40. The van der Waals surface area contributed by atoms with Gasteiger partial charge in [-0.3, -0.25) is 0 Å². The predicted octanol–water partition coefficient (Wildman–Crippen LogP) is 2.57. The van der Waals surface area contributed by atoms with Crippen molar-refractivity contribution in [2.75, 3.05) is 17.3 Å². The molecule has 0 aromatic rings. The van der Waals surface area contributed by atoms with Crippen LogP contribution in [0.4, 0.5) is 0 Å². The predicted molar refractivity (Wildman–Crippen MR) is 47.6 cm³/mol. The number of alkyl halides is 2. The van der Waals surface area contributed by atoms with Crippen LogP contribution in [-0.4, -0.2) is 23.4 Å². The number of halogens is 2. The molecule has 0 aromatic carbocycles. The first kappa shape index (κ1) is 9.92. The minimum absolute atomic E-state index is 0.391. The maximum atomic E-state index is 5.40. The smallest absolute Gasteiger partial charge is 0.0669 e. The molecule has 3 heteroatoms. The van der Waals surface area contributed by atoms with E-state index in [1.54, 1.807) is 0 Å². The fourth-order valence-electron chi connectivity index (χ4n) is 0.483. The molecule has 1 unspecified atom stereocenters. The topological polar surface area (TPSA) is 9.23 Å². The summed E-state index contributed by atoms with van der Waals surface area (Å²) in [6, 6.07) is 0. The zero-order chi connectivity index (χ0) is 7.11. The quantitative estimate of drug-likeness (QED) is 0.690. The SMILES string of the molecule is CCC(CBr)OCCBr. The first-order valence-corrected chi connectivity index (χ1v) is 5.33. The molecule has 0 aliphatic heterocycles. The Morgan fingerprint density at radius 1 is 1.44 bits per heavy atom. The number of ether oxygens (including phenoxy) is 1. The van der Waals surface area contributed by atoms with Gasteiger partial charge in [0, 0.05) is 10.7 Å². The van der Waals surface area contributed by atoms with Crippen LogP contribution in [0, 0.1) is 0 Å². The molecule has 0 aliphatic carbocycles. The van der Waals surface area contributed by atoms with E-state index in [9.17, 15) is 0 Å². The number of hydrogen-bond donors (Lipinski definition) is 0. The van der Waals surface area contributed by atoms with Gasteiger partial charge >= 0.3 is 0 Å². The van der Waals surface area contributed by atoms with Crippen molar-refractivity contribution in [3.63, 3.8) is 0 Å². The number of rotatable bonds is 5. The third-order valence-electron chi connectivity index (χ3n) is 1.06. The van der Waals surface area contributed by atoms with E-state index < -0.39 is 0 Å². The summed E-state index contributed by atoms with van der Waals surface area (Å²) in [5.41, 5.74) is 0. The summed E-state index contributed by atoms with van der Waals surface area (Å²) in [5, 5.41) is 1.87. The van der Waals surface area contributed by atoms with E-state index in [1.807, 2.05) is 0 Å². The summed E-state index contributed by atoms with van der Waals surface area (Å²) in [7, 11) is 0. The minimum Gasteiger partial charge on any atom is -0.376 e. The Balaban J connectivity index is 3.09. The van der Waals surface area contributed by atoms with Crippen LogP contribution in [-0.2, 0) is 4.74 Å². The Morgan fingerprint density at radius 3 is 2.44 bits per heavy atom. The van der Waals surface area contributed by atoms with Gasteiger partial charge < -0.3 is 4.74 Å². The monoisotopic (exact) mass is 258 g/mol. The molecular formula is C6H12Br2O. The average molecular weight is 260 g/mol. The first-order valence-electron chi connectivity index (χ1n) is 3.08. The van der Waals surface area contributed by atoms with Crippen molar-refractivity contribution < 1.29 is 4.74 Å². The molecule has 0 heterocycles. The lowest BCUT2D eigenvalue weighted by Crippen LogP contribution is -2.14. The summed E-state index contributed by atoms with van der Waals surface area (Å²) in [4.78, 5) is 0. The fraction of sp³-hybridized carbons (Fsp3) is 1.00. The first-order chi connectivity index (χ1) is 4.35. The van der Waals surface area contributed by atoms with Gasteiger partial charge in [0.2, 0.25) is 0 Å². The van der Waals surface area contributed by atoms with Gasteiger partial charge in [-0.05, 0) is 6.42 Å². The Kier molecular flexibility index (Phi) is 7.75. The Hall–Kier alpha value is 0.920. The largest absolute Gasteiger partial charge is 0.376 e. The molecule has 0 saturated carbocycles. The molecule has 0 rings (SSSR count). The second-order valence-electron chi connectivity index (χ2n) is 1.74. The third-order valence-corrected chi connectivity index (χ3v) is 2.10. The lowest BCUT2D eigenvalue weighted by atomic mass is 10.3. The highest BCUT2D eigenvalue weighted by atomic mass is 79.9. The van der Waals surface area contributed by atoms with Crippen LogP contribution in [0.25, 0.3) is 0 Å². The Bertz CT molecular complexity index is 55.0. The van der Waals surface area contributed by atoms with E-state index in [0.29, 0.717) is 6.10 Å². The standard InChI is InChI=1S/C6H12Br2O/c1-2-6(5-8)9-4-3-7/h6H,2-5H2,1H3. The molecule has 0 aromatic heterocycles. The zero-order valence-corrected chi connectivity index (χ0v) is 8.74. The fourth-order valence-corrected chi connectivity index (χ4v) is 1.31. The number of hydrogen-bond acceptors (Lipinski definition) is 1. The summed E-state index contributed by atoms with van der Waals surface area (Å²) < 4.78 is 5.40. The molecule has 0 amide bonds. The molecule has 1 atom stereocenters. The lowest BCUT2D eigenvalue weighted by molar-refractivity contribution is 0.0806. The van der Waals surface area contributed by atoms with Gasteiger partial charge in [0.1, 0.15) is 0 Å². The van der Waals surface area contributed by atoms with Crippen LogP contribution in [0.2, 0.25) is 0 Å². The second kappa shape index (κ2) is 7.03. The average Bonchev–Trinajstić information content (AvgIpc) is 1.91. The highest BCUT2D eigenvalue weighted by Crippen LogP contribution is 2.01. The summed E-state index contributed by atoms with van der Waals surface area (Å²) in [6.07, 6.45) is 1.47. The van der Waals surface area contributed by atoms with E-state index in [2.05, 4.69) is 38.8 Å². The lowest BCUT2D eigenvalue weighted by Gasteiger charge is -2.10. The van der Waals surface area contributed by atoms with Crippen LogP contribution < -0.4 is 0 Å². The van der Waals surface area contributed by atoms with Crippen LogP contribution in [0.5, 0.6) is 0 Å². The van der Waals surface area contributed by atoms with E-state index in [4.69, 9.17) is 4.74 Å². The van der Waals surface area contributed by atoms with Crippen LogP contribution >= 0.6 is 31.9 Å². The molecule has 1 nitrogen and oxygen atoms in total. The van der Waals surface area contributed by atoms with Crippen molar-refractivity contribution in [3.05, 3.63) is 0 Å². The van der Waals surface area contributed by atoms with E-state index in [-0.39, 0.29) is 0 Å². The molecule has 0 bridgehead atoms. The van der Waals surface area contributed by atoms with Crippen molar-refractivity contribution in [2.24, 2.45) is 0 Å². The second-order valence-corrected chi connectivity index (χ2v) is 3.18. The molecule has 0 spiro atoms.